The molecule has 4 nitrogen and oxygen atoms in total. The minimum absolute atomic E-state index is 0.137. The van der Waals surface area contributed by atoms with Crippen LogP contribution in [-0.4, -0.2) is 41.3 Å². The van der Waals surface area contributed by atoms with Crippen LogP contribution in [0.3, 0.4) is 0 Å². The number of amides is 1. The summed E-state index contributed by atoms with van der Waals surface area (Å²) in [5.74, 6) is 0. The highest BCUT2D eigenvalue weighted by Gasteiger charge is 2.35. The van der Waals surface area contributed by atoms with Gasteiger partial charge in [0.15, 0.2) is 0 Å². The third-order valence-corrected chi connectivity index (χ3v) is 5.87. The number of hydrogen-bond donors (Lipinski definition) is 1. The molecule has 1 heterocycles. The zero-order valence-electron chi connectivity index (χ0n) is 17.4. The maximum Gasteiger partial charge on any atom is 0.410 e. The first-order chi connectivity index (χ1) is 11.6. The van der Waals surface area contributed by atoms with Gasteiger partial charge in [-0.05, 0) is 71.6 Å². The summed E-state index contributed by atoms with van der Waals surface area (Å²) in [5.41, 5.74) is -0.0427. The largest absolute Gasteiger partial charge is 0.444 e. The lowest BCUT2D eigenvalue weighted by molar-refractivity contribution is 0.00731. The van der Waals surface area contributed by atoms with Gasteiger partial charge < -0.3 is 15.0 Å². The van der Waals surface area contributed by atoms with E-state index >= 15 is 0 Å². The van der Waals surface area contributed by atoms with Crippen LogP contribution in [0.25, 0.3) is 0 Å². The van der Waals surface area contributed by atoms with Crippen LogP contribution in [0, 0.1) is 5.41 Å². The molecule has 0 aromatic heterocycles. The van der Waals surface area contributed by atoms with Crippen LogP contribution in [0.5, 0.6) is 0 Å². The zero-order chi connectivity index (χ0) is 18.7. The molecule has 2 rings (SSSR count). The van der Waals surface area contributed by atoms with E-state index in [0.717, 1.165) is 25.8 Å². The van der Waals surface area contributed by atoms with Gasteiger partial charge in [-0.25, -0.2) is 4.79 Å². The molecule has 1 aliphatic carbocycles. The van der Waals surface area contributed by atoms with Gasteiger partial charge in [0.2, 0.25) is 0 Å². The Kier molecular flexibility index (Phi) is 6.80. The number of likely N-dealkylation sites (tertiary alicyclic amines) is 1. The Bertz CT molecular complexity index is 442. The molecule has 3 unspecified atom stereocenters. The zero-order valence-corrected chi connectivity index (χ0v) is 17.4. The summed E-state index contributed by atoms with van der Waals surface area (Å²) in [5, 5.41) is 3.89. The average molecular weight is 353 g/mol. The fourth-order valence-corrected chi connectivity index (χ4v) is 4.43. The van der Waals surface area contributed by atoms with Crippen LogP contribution in [0.4, 0.5) is 4.79 Å². The van der Waals surface area contributed by atoms with Crippen molar-refractivity contribution in [2.24, 2.45) is 5.41 Å². The highest BCUT2D eigenvalue weighted by molar-refractivity contribution is 5.68. The van der Waals surface area contributed by atoms with Crippen LogP contribution < -0.4 is 5.32 Å². The Labute approximate surface area is 155 Å². The quantitative estimate of drug-likeness (QED) is 0.764. The van der Waals surface area contributed by atoms with Crippen LogP contribution in [-0.2, 0) is 4.74 Å². The molecule has 0 aromatic carbocycles. The average Bonchev–Trinajstić information content (AvgIpc) is 2.48. The van der Waals surface area contributed by atoms with E-state index < -0.39 is 5.60 Å². The van der Waals surface area contributed by atoms with E-state index in [1.807, 2.05) is 25.7 Å². The number of ether oxygens (including phenoxy) is 1. The summed E-state index contributed by atoms with van der Waals surface area (Å²) >= 11 is 0. The molecular weight excluding hydrogens is 312 g/mol. The number of nitrogens with one attached hydrogen (secondary N) is 1. The van der Waals surface area contributed by atoms with Crippen molar-refractivity contribution in [1.29, 1.82) is 0 Å². The molecule has 1 saturated carbocycles. The van der Waals surface area contributed by atoms with Gasteiger partial charge in [0.25, 0.3) is 0 Å². The topological polar surface area (TPSA) is 41.6 Å². The Balaban J connectivity index is 1.92. The fourth-order valence-electron chi connectivity index (χ4n) is 4.43. The van der Waals surface area contributed by atoms with Crippen LogP contribution in [0.2, 0.25) is 0 Å². The lowest BCUT2D eigenvalue weighted by atomic mass is 9.73. The van der Waals surface area contributed by atoms with Gasteiger partial charge in [-0.15, -0.1) is 0 Å². The van der Waals surface area contributed by atoms with E-state index in [1.54, 1.807) is 0 Å². The SMILES string of the molecule is CC(CC1CCCCN1C(=O)OC(C)(C)C)NC1CCCCC1(C)C. The smallest absolute Gasteiger partial charge is 0.410 e. The fraction of sp³-hybridized carbons (Fsp3) is 0.952. The normalized spacial score (nSPS) is 28.5. The number of rotatable bonds is 4. The predicted molar refractivity (Wildman–Crippen MR) is 104 cm³/mol. The Morgan fingerprint density at radius 3 is 2.52 bits per heavy atom. The van der Waals surface area contributed by atoms with Crippen molar-refractivity contribution < 1.29 is 9.53 Å². The molecule has 1 N–H and O–H groups in total. The van der Waals surface area contributed by atoms with Crippen LogP contribution in [0.1, 0.15) is 92.9 Å². The summed E-state index contributed by atoms with van der Waals surface area (Å²) in [7, 11) is 0. The van der Waals surface area contributed by atoms with E-state index in [4.69, 9.17) is 4.74 Å². The summed E-state index contributed by atoms with van der Waals surface area (Å²) in [6.07, 6.45) is 9.56. The van der Waals surface area contributed by atoms with Crippen molar-refractivity contribution in [3.8, 4) is 0 Å². The van der Waals surface area contributed by atoms with Crippen molar-refractivity contribution in [2.45, 2.75) is 117 Å². The van der Waals surface area contributed by atoms with Gasteiger partial charge in [0, 0.05) is 24.7 Å². The molecule has 3 atom stereocenters. The van der Waals surface area contributed by atoms with Crippen LogP contribution in [0.15, 0.2) is 0 Å². The minimum Gasteiger partial charge on any atom is -0.444 e. The van der Waals surface area contributed by atoms with Gasteiger partial charge in [0.1, 0.15) is 5.60 Å². The van der Waals surface area contributed by atoms with E-state index in [-0.39, 0.29) is 6.09 Å². The molecule has 1 saturated heterocycles. The molecule has 0 spiro atoms. The Hall–Kier alpha value is -0.770. The molecule has 0 aromatic rings. The molecule has 1 aliphatic heterocycles. The lowest BCUT2D eigenvalue weighted by Crippen LogP contribution is -2.52. The van der Waals surface area contributed by atoms with E-state index in [9.17, 15) is 4.79 Å². The van der Waals surface area contributed by atoms with Gasteiger partial charge in [-0.2, -0.15) is 0 Å². The summed E-state index contributed by atoms with van der Waals surface area (Å²) in [6, 6.07) is 1.32. The monoisotopic (exact) mass is 352 g/mol. The highest BCUT2D eigenvalue weighted by atomic mass is 16.6. The number of piperidine rings is 1. The van der Waals surface area contributed by atoms with Crippen molar-refractivity contribution in [1.82, 2.24) is 10.2 Å². The molecule has 2 aliphatic rings. The Morgan fingerprint density at radius 1 is 1.20 bits per heavy atom. The third kappa shape index (κ3) is 6.16. The maximum absolute atomic E-state index is 12.6. The molecule has 0 radical (unpaired) electrons. The van der Waals surface area contributed by atoms with Crippen molar-refractivity contribution in [2.75, 3.05) is 6.54 Å². The van der Waals surface area contributed by atoms with E-state index in [2.05, 4.69) is 26.1 Å². The lowest BCUT2D eigenvalue weighted by Gasteiger charge is -2.42. The Morgan fingerprint density at radius 2 is 1.88 bits per heavy atom. The first kappa shape index (κ1) is 20.5. The second kappa shape index (κ2) is 8.28. The molecular formula is C21H40N2O2. The number of hydrogen-bond acceptors (Lipinski definition) is 3. The van der Waals surface area contributed by atoms with E-state index in [1.165, 1.54) is 32.1 Å². The van der Waals surface area contributed by atoms with Gasteiger partial charge in [0.05, 0.1) is 0 Å². The van der Waals surface area contributed by atoms with E-state index in [0.29, 0.717) is 23.5 Å². The highest BCUT2D eigenvalue weighted by Crippen LogP contribution is 2.36. The third-order valence-electron chi connectivity index (χ3n) is 5.87. The molecule has 1 amide bonds. The number of carbonyl (C=O) groups excluding carboxylic acids is 1. The standard InChI is InChI=1S/C21H40N2O2/c1-16(22-18-12-7-9-13-21(18,5)6)15-17-11-8-10-14-23(17)19(24)25-20(2,3)4/h16-18,22H,7-15H2,1-6H3. The molecule has 25 heavy (non-hydrogen) atoms. The summed E-state index contributed by atoms with van der Waals surface area (Å²) in [4.78, 5) is 14.6. The second-order valence-corrected chi connectivity index (χ2v) is 9.91. The first-order valence-electron chi connectivity index (χ1n) is 10.3. The number of nitrogens with zero attached hydrogens (tertiary/aromatic N) is 1. The summed E-state index contributed by atoms with van der Waals surface area (Å²) in [6.45, 7) is 13.7. The first-order valence-corrected chi connectivity index (χ1v) is 10.3. The second-order valence-electron chi connectivity index (χ2n) is 9.91. The molecule has 2 fully saturated rings. The number of carbonyl (C=O) groups is 1. The van der Waals surface area contributed by atoms with Gasteiger partial charge in [-0.3, -0.25) is 0 Å². The summed E-state index contributed by atoms with van der Waals surface area (Å²) < 4.78 is 5.64. The molecule has 146 valence electrons. The van der Waals surface area contributed by atoms with Crippen molar-refractivity contribution in [3.63, 3.8) is 0 Å². The van der Waals surface area contributed by atoms with Crippen LogP contribution >= 0.6 is 0 Å². The molecule has 4 heteroatoms. The van der Waals surface area contributed by atoms with Gasteiger partial charge in [-0.1, -0.05) is 26.7 Å². The molecule has 0 bridgehead atoms. The maximum atomic E-state index is 12.6. The van der Waals surface area contributed by atoms with Crippen molar-refractivity contribution >= 4 is 6.09 Å². The van der Waals surface area contributed by atoms with Gasteiger partial charge >= 0.3 is 6.09 Å². The minimum atomic E-state index is -0.422. The van der Waals surface area contributed by atoms with Crippen molar-refractivity contribution in [3.05, 3.63) is 0 Å². The predicted octanol–water partition coefficient (Wildman–Crippen LogP) is 5.11.